The number of nitrogens with zero attached hydrogens (tertiary/aromatic N) is 2. The predicted molar refractivity (Wildman–Crippen MR) is 49.7 cm³/mol. The summed E-state index contributed by atoms with van der Waals surface area (Å²) < 4.78 is 0. The lowest BCUT2D eigenvalue weighted by Gasteiger charge is -2.19. The summed E-state index contributed by atoms with van der Waals surface area (Å²) in [6.45, 7) is 1.88. The van der Waals surface area contributed by atoms with Crippen molar-refractivity contribution in [3.8, 4) is 0 Å². The third-order valence-corrected chi connectivity index (χ3v) is 2.17. The zero-order valence-corrected chi connectivity index (χ0v) is 7.73. The van der Waals surface area contributed by atoms with Crippen LogP contribution in [0.1, 0.15) is 6.42 Å². The summed E-state index contributed by atoms with van der Waals surface area (Å²) in [5.74, 6) is -0.701. The molecule has 0 saturated heterocycles. The van der Waals surface area contributed by atoms with Gasteiger partial charge >= 0.3 is 5.97 Å². The second-order valence-corrected chi connectivity index (χ2v) is 3.13. The largest absolute Gasteiger partial charge is 0.481 e. The number of carbonyl (C=O) groups is 1. The molecule has 1 heterocycles. The minimum absolute atomic E-state index is 0.379. The van der Waals surface area contributed by atoms with Gasteiger partial charge in [0.15, 0.2) is 0 Å². The average Bonchev–Trinajstić information content (AvgIpc) is 2.47. The van der Waals surface area contributed by atoms with E-state index < -0.39 is 11.9 Å². The number of likely N-dealkylation sites (N-methyl/N-ethyl adjacent to an activating group) is 1. The van der Waals surface area contributed by atoms with E-state index in [1.165, 1.54) is 0 Å². The van der Waals surface area contributed by atoms with E-state index in [0.717, 1.165) is 6.54 Å². The van der Waals surface area contributed by atoms with Gasteiger partial charge < -0.3 is 15.7 Å². The summed E-state index contributed by atoms with van der Waals surface area (Å²) in [6.07, 6.45) is 0.457. The third kappa shape index (κ3) is 2.18. The predicted octanol–water partition coefficient (Wildman–Crippen LogP) is -0.620. The van der Waals surface area contributed by atoms with E-state index >= 15 is 0 Å². The molecule has 74 valence electrons. The first-order valence-corrected chi connectivity index (χ1v) is 4.35. The number of hydrogen-bond acceptors (Lipinski definition) is 4. The molecule has 0 amide bonds. The first-order valence-electron chi connectivity index (χ1n) is 4.35. The minimum Gasteiger partial charge on any atom is -0.481 e. The molecule has 3 N–H and O–H groups in total. The van der Waals surface area contributed by atoms with Gasteiger partial charge in [0.1, 0.15) is 11.8 Å². The Labute approximate surface area is 77.2 Å². The van der Waals surface area contributed by atoms with Crippen molar-refractivity contribution in [2.24, 2.45) is 16.6 Å². The maximum atomic E-state index is 10.9. The SMILES string of the molecule is CN1CCN=C1C(CCN)C(=O)O. The third-order valence-electron chi connectivity index (χ3n) is 2.17. The highest BCUT2D eigenvalue weighted by molar-refractivity contribution is 6.00. The Morgan fingerprint density at radius 3 is 2.92 bits per heavy atom. The fourth-order valence-corrected chi connectivity index (χ4v) is 1.46. The fraction of sp³-hybridized carbons (Fsp3) is 0.750. The molecule has 0 aromatic carbocycles. The second kappa shape index (κ2) is 4.23. The van der Waals surface area contributed by atoms with Gasteiger partial charge in [0.05, 0.1) is 6.54 Å². The molecule has 0 saturated carbocycles. The second-order valence-electron chi connectivity index (χ2n) is 3.13. The van der Waals surface area contributed by atoms with Crippen molar-refractivity contribution < 1.29 is 9.90 Å². The molecule has 13 heavy (non-hydrogen) atoms. The molecule has 0 aromatic heterocycles. The molecule has 0 spiro atoms. The molecule has 0 radical (unpaired) electrons. The van der Waals surface area contributed by atoms with E-state index in [4.69, 9.17) is 10.8 Å². The molecule has 1 atom stereocenters. The molecule has 0 bridgehead atoms. The van der Waals surface area contributed by atoms with E-state index in [0.29, 0.717) is 25.3 Å². The normalized spacial score (nSPS) is 18.6. The number of amidine groups is 1. The van der Waals surface area contributed by atoms with E-state index in [2.05, 4.69) is 4.99 Å². The molecular weight excluding hydrogens is 170 g/mol. The molecule has 1 aliphatic rings. The molecule has 0 aromatic rings. The van der Waals surface area contributed by atoms with Crippen LogP contribution < -0.4 is 5.73 Å². The molecule has 1 rings (SSSR count). The lowest BCUT2D eigenvalue weighted by Crippen LogP contribution is -2.35. The van der Waals surface area contributed by atoms with E-state index in [1.807, 2.05) is 11.9 Å². The van der Waals surface area contributed by atoms with Gasteiger partial charge in [-0.25, -0.2) is 0 Å². The van der Waals surface area contributed by atoms with Crippen LogP contribution in [0.3, 0.4) is 0 Å². The molecule has 0 fully saturated rings. The van der Waals surface area contributed by atoms with Crippen molar-refractivity contribution in [2.75, 3.05) is 26.7 Å². The standard InChI is InChI=1S/C8H15N3O2/c1-11-5-4-10-7(11)6(2-3-9)8(12)13/h6H,2-5,9H2,1H3,(H,12,13). The van der Waals surface area contributed by atoms with Crippen molar-refractivity contribution in [1.82, 2.24) is 4.90 Å². The van der Waals surface area contributed by atoms with E-state index in [-0.39, 0.29) is 0 Å². The monoisotopic (exact) mass is 185 g/mol. The number of nitrogens with two attached hydrogens (primary N) is 1. The van der Waals surface area contributed by atoms with E-state index in [9.17, 15) is 4.79 Å². The van der Waals surface area contributed by atoms with Crippen molar-refractivity contribution in [1.29, 1.82) is 0 Å². The van der Waals surface area contributed by atoms with Gasteiger partial charge in [-0.05, 0) is 13.0 Å². The van der Waals surface area contributed by atoms with Crippen LogP contribution in [0.15, 0.2) is 4.99 Å². The quantitative estimate of drug-likeness (QED) is 0.611. The van der Waals surface area contributed by atoms with Gasteiger partial charge in [0, 0.05) is 13.6 Å². The molecule has 0 aliphatic carbocycles. The Bertz CT molecular complexity index is 227. The Kier molecular flexibility index (Phi) is 3.25. The molecular formula is C8H15N3O2. The van der Waals surface area contributed by atoms with Gasteiger partial charge in [-0.2, -0.15) is 0 Å². The first kappa shape index (κ1) is 9.98. The first-order chi connectivity index (χ1) is 6.16. The highest BCUT2D eigenvalue weighted by atomic mass is 16.4. The zero-order valence-electron chi connectivity index (χ0n) is 7.73. The number of rotatable bonds is 4. The van der Waals surface area contributed by atoms with Crippen LogP contribution in [0.2, 0.25) is 0 Å². The van der Waals surface area contributed by atoms with Gasteiger partial charge in [-0.3, -0.25) is 9.79 Å². The smallest absolute Gasteiger partial charge is 0.314 e. The molecule has 5 heteroatoms. The summed E-state index contributed by atoms with van der Waals surface area (Å²) in [6, 6.07) is 0. The summed E-state index contributed by atoms with van der Waals surface area (Å²) in [5, 5.41) is 8.92. The highest BCUT2D eigenvalue weighted by Gasteiger charge is 2.28. The number of carboxylic acid groups (broad SMARTS) is 1. The van der Waals surface area contributed by atoms with Gasteiger partial charge in [0.2, 0.25) is 0 Å². The minimum atomic E-state index is -0.835. The van der Waals surface area contributed by atoms with Crippen molar-refractivity contribution >= 4 is 11.8 Å². The van der Waals surface area contributed by atoms with Crippen LogP contribution in [-0.4, -0.2) is 48.5 Å². The van der Waals surface area contributed by atoms with Gasteiger partial charge in [-0.15, -0.1) is 0 Å². The number of aliphatic carboxylic acids is 1. The van der Waals surface area contributed by atoms with Crippen LogP contribution in [0.4, 0.5) is 0 Å². The number of aliphatic imine (C=N–C) groups is 1. The van der Waals surface area contributed by atoms with Crippen LogP contribution in [0.5, 0.6) is 0 Å². The zero-order chi connectivity index (χ0) is 9.84. The van der Waals surface area contributed by atoms with E-state index in [1.54, 1.807) is 0 Å². The Morgan fingerprint density at radius 2 is 2.54 bits per heavy atom. The molecule has 1 unspecified atom stereocenters. The van der Waals surface area contributed by atoms with Crippen LogP contribution >= 0.6 is 0 Å². The fourth-order valence-electron chi connectivity index (χ4n) is 1.46. The maximum Gasteiger partial charge on any atom is 0.314 e. The van der Waals surface area contributed by atoms with Crippen LogP contribution in [0, 0.1) is 5.92 Å². The lowest BCUT2D eigenvalue weighted by atomic mass is 10.0. The average molecular weight is 185 g/mol. The Hall–Kier alpha value is -1.10. The summed E-state index contributed by atoms with van der Waals surface area (Å²) >= 11 is 0. The summed E-state index contributed by atoms with van der Waals surface area (Å²) in [7, 11) is 1.86. The van der Waals surface area contributed by atoms with Crippen molar-refractivity contribution in [2.45, 2.75) is 6.42 Å². The Morgan fingerprint density at radius 1 is 1.85 bits per heavy atom. The maximum absolute atomic E-state index is 10.9. The van der Waals surface area contributed by atoms with Gasteiger partial charge in [0.25, 0.3) is 0 Å². The Balaban J connectivity index is 2.69. The summed E-state index contributed by atoms with van der Waals surface area (Å²) in [5.41, 5.74) is 5.34. The van der Waals surface area contributed by atoms with Crippen LogP contribution in [0.25, 0.3) is 0 Å². The topological polar surface area (TPSA) is 78.9 Å². The molecule has 5 nitrogen and oxygen atoms in total. The van der Waals surface area contributed by atoms with Gasteiger partial charge in [-0.1, -0.05) is 0 Å². The highest BCUT2D eigenvalue weighted by Crippen LogP contribution is 2.12. The van der Waals surface area contributed by atoms with Crippen LogP contribution in [-0.2, 0) is 4.79 Å². The number of carboxylic acids is 1. The number of hydrogen-bond donors (Lipinski definition) is 2. The molecule has 1 aliphatic heterocycles. The van der Waals surface area contributed by atoms with Crippen molar-refractivity contribution in [3.05, 3.63) is 0 Å². The lowest BCUT2D eigenvalue weighted by molar-refractivity contribution is -0.139. The summed E-state index contributed by atoms with van der Waals surface area (Å²) in [4.78, 5) is 16.9. The van der Waals surface area contributed by atoms with Crippen molar-refractivity contribution in [3.63, 3.8) is 0 Å².